The van der Waals surface area contributed by atoms with Gasteiger partial charge in [-0.3, -0.25) is 4.90 Å². The normalized spacial score (nSPS) is 11.2. The van der Waals surface area contributed by atoms with Gasteiger partial charge in [0.1, 0.15) is 0 Å². The summed E-state index contributed by atoms with van der Waals surface area (Å²) in [4.78, 5) is 1.42. The van der Waals surface area contributed by atoms with E-state index in [1.54, 1.807) is 6.92 Å². The van der Waals surface area contributed by atoms with Gasteiger partial charge in [-0.1, -0.05) is 0 Å². The van der Waals surface area contributed by atoms with Crippen LogP contribution in [0.15, 0.2) is 0 Å². The van der Waals surface area contributed by atoms with E-state index in [9.17, 15) is 0 Å². The highest BCUT2D eigenvalue weighted by atomic mass is 16.3. The minimum atomic E-state index is -0.138. The van der Waals surface area contributed by atoms with Crippen molar-refractivity contribution < 1.29 is 10.2 Å². The molecule has 0 bridgehead atoms. The lowest BCUT2D eigenvalue weighted by Gasteiger charge is -2.19. The molecule has 1 radical (unpaired) electrons. The second kappa shape index (κ2) is 3.83. The van der Waals surface area contributed by atoms with E-state index in [0.29, 0.717) is 0 Å². The van der Waals surface area contributed by atoms with Gasteiger partial charge < -0.3 is 10.2 Å². The molecule has 0 rings (SSSR count). The molecule has 0 aromatic heterocycles. The molecule has 0 amide bonds. The third-order valence-corrected chi connectivity index (χ3v) is 0.987. The molecule has 0 aliphatic rings. The summed E-state index contributed by atoms with van der Waals surface area (Å²) in [5.74, 6) is 0. The number of nitrogens with zero attached hydrogens (tertiary/aromatic N) is 1. The summed E-state index contributed by atoms with van der Waals surface area (Å²) in [6, 6.07) is -0.0370. The average Bonchev–Trinajstić information content (AvgIpc) is 1.69. The summed E-state index contributed by atoms with van der Waals surface area (Å²) >= 11 is 0. The van der Waals surface area contributed by atoms with E-state index >= 15 is 0 Å². The van der Waals surface area contributed by atoms with Crippen LogP contribution in [0.5, 0.6) is 0 Å². The fraction of sp³-hybridized carbons (Fsp3) is 0.800. The van der Waals surface area contributed by atoms with Gasteiger partial charge in [0.2, 0.25) is 0 Å². The topological polar surface area (TPSA) is 43.7 Å². The van der Waals surface area contributed by atoms with Crippen molar-refractivity contribution in [1.82, 2.24) is 4.90 Å². The van der Waals surface area contributed by atoms with E-state index in [1.807, 2.05) is 0 Å². The quantitative estimate of drug-likeness (QED) is 0.487. The molecule has 0 heterocycles. The standard InChI is InChI=1S/C5H12NO2/c1-5(2)6(3-7)4-8/h5,7-8H,1,3-4H2,2H3. The van der Waals surface area contributed by atoms with Crippen molar-refractivity contribution in [2.75, 3.05) is 13.5 Å². The predicted octanol–water partition coefficient (Wildman–Crippen LogP) is -0.589. The molecule has 0 spiro atoms. The zero-order valence-electron chi connectivity index (χ0n) is 5.04. The van der Waals surface area contributed by atoms with E-state index in [1.165, 1.54) is 4.90 Å². The molecule has 0 aromatic rings. The molecule has 1 unspecified atom stereocenters. The van der Waals surface area contributed by atoms with E-state index in [4.69, 9.17) is 10.2 Å². The first kappa shape index (κ1) is 7.88. The number of aliphatic hydroxyl groups excluding tert-OH is 2. The van der Waals surface area contributed by atoms with Crippen molar-refractivity contribution in [3.8, 4) is 0 Å². The first-order valence-electron chi connectivity index (χ1n) is 2.51. The third kappa shape index (κ3) is 2.26. The van der Waals surface area contributed by atoms with Gasteiger partial charge >= 0.3 is 0 Å². The minimum absolute atomic E-state index is 0.0370. The van der Waals surface area contributed by atoms with E-state index < -0.39 is 0 Å². The Kier molecular flexibility index (Phi) is 3.77. The summed E-state index contributed by atoms with van der Waals surface area (Å²) in [5.41, 5.74) is 0. The zero-order chi connectivity index (χ0) is 6.57. The van der Waals surface area contributed by atoms with Gasteiger partial charge in [0.05, 0.1) is 13.5 Å². The maximum absolute atomic E-state index is 8.42. The first-order valence-corrected chi connectivity index (χ1v) is 2.51. The van der Waals surface area contributed by atoms with Crippen LogP contribution in [0.4, 0.5) is 0 Å². The summed E-state index contributed by atoms with van der Waals surface area (Å²) in [5, 5.41) is 16.8. The van der Waals surface area contributed by atoms with E-state index in [2.05, 4.69) is 6.92 Å². The molecule has 8 heavy (non-hydrogen) atoms. The Morgan fingerprint density at radius 1 is 1.50 bits per heavy atom. The van der Waals surface area contributed by atoms with Crippen LogP contribution in [0.25, 0.3) is 0 Å². The van der Waals surface area contributed by atoms with Gasteiger partial charge in [0, 0.05) is 6.04 Å². The molecule has 3 heteroatoms. The van der Waals surface area contributed by atoms with Gasteiger partial charge in [-0.2, -0.15) is 0 Å². The Morgan fingerprint density at radius 2 is 1.88 bits per heavy atom. The van der Waals surface area contributed by atoms with Crippen LogP contribution in [0.1, 0.15) is 6.92 Å². The largest absolute Gasteiger partial charge is 0.381 e. The highest BCUT2D eigenvalue weighted by molar-refractivity contribution is 4.61. The molecule has 0 aliphatic carbocycles. The molecule has 0 aromatic carbocycles. The Balaban J connectivity index is 3.35. The van der Waals surface area contributed by atoms with E-state index in [0.717, 1.165) is 0 Å². The van der Waals surface area contributed by atoms with Crippen molar-refractivity contribution in [3.05, 3.63) is 6.92 Å². The van der Waals surface area contributed by atoms with Crippen molar-refractivity contribution in [3.63, 3.8) is 0 Å². The molecule has 3 nitrogen and oxygen atoms in total. The van der Waals surface area contributed by atoms with Gasteiger partial charge in [-0.05, 0) is 13.8 Å². The fourth-order valence-corrected chi connectivity index (χ4v) is 0.323. The molecular formula is C5H12NO2. The lowest BCUT2D eigenvalue weighted by Crippen LogP contribution is -2.32. The van der Waals surface area contributed by atoms with Crippen molar-refractivity contribution in [1.29, 1.82) is 0 Å². The van der Waals surface area contributed by atoms with Crippen LogP contribution in [0.2, 0.25) is 0 Å². The van der Waals surface area contributed by atoms with Gasteiger partial charge in [-0.25, -0.2) is 0 Å². The number of hydrogen-bond acceptors (Lipinski definition) is 3. The SMILES string of the molecule is [CH2]C(C)N(CO)CO. The Morgan fingerprint density at radius 3 is 1.88 bits per heavy atom. The summed E-state index contributed by atoms with van der Waals surface area (Å²) < 4.78 is 0. The van der Waals surface area contributed by atoms with Crippen LogP contribution >= 0.6 is 0 Å². The molecule has 1 atom stereocenters. The maximum atomic E-state index is 8.42. The highest BCUT2D eigenvalue weighted by Crippen LogP contribution is 1.91. The van der Waals surface area contributed by atoms with Crippen LogP contribution < -0.4 is 0 Å². The van der Waals surface area contributed by atoms with Crippen LogP contribution in [-0.2, 0) is 0 Å². The van der Waals surface area contributed by atoms with E-state index in [-0.39, 0.29) is 19.5 Å². The second-order valence-corrected chi connectivity index (χ2v) is 1.72. The fourth-order valence-electron chi connectivity index (χ4n) is 0.323. The molecule has 0 saturated heterocycles. The smallest absolute Gasteiger partial charge is 0.0976 e. The lowest BCUT2D eigenvalue weighted by atomic mass is 10.4. The van der Waals surface area contributed by atoms with Crippen LogP contribution in [0.3, 0.4) is 0 Å². The first-order chi connectivity index (χ1) is 3.72. The molecular weight excluding hydrogens is 106 g/mol. The monoisotopic (exact) mass is 118 g/mol. The highest BCUT2D eigenvalue weighted by Gasteiger charge is 2.03. The molecule has 49 valence electrons. The second-order valence-electron chi connectivity index (χ2n) is 1.72. The molecule has 0 fully saturated rings. The van der Waals surface area contributed by atoms with Gasteiger partial charge in [0.25, 0.3) is 0 Å². The van der Waals surface area contributed by atoms with Gasteiger partial charge in [0.15, 0.2) is 0 Å². The Labute approximate surface area is 49.5 Å². The Bertz CT molecular complexity index is 52.4. The van der Waals surface area contributed by atoms with Crippen molar-refractivity contribution in [2.24, 2.45) is 0 Å². The van der Waals surface area contributed by atoms with Crippen LogP contribution in [-0.4, -0.2) is 34.6 Å². The average molecular weight is 118 g/mol. The Hall–Kier alpha value is -0.120. The van der Waals surface area contributed by atoms with Gasteiger partial charge in [-0.15, -0.1) is 0 Å². The number of aliphatic hydroxyl groups is 2. The van der Waals surface area contributed by atoms with Crippen molar-refractivity contribution in [2.45, 2.75) is 13.0 Å². The molecule has 0 saturated carbocycles. The summed E-state index contributed by atoms with van der Waals surface area (Å²) in [6.07, 6.45) is 0. The maximum Gasteiger partial charge on any atom is 0.0976 e. The minimum Gasteiger partial charge on any atom is -0.381 e. The number of hydrogen-bond donors (Lipinski definition) is 2. The number of rotatable bonds is 3. The third-order valence-electron chi connectivity index (χ3n) is 0.987. The lowest BCUT2D eigenvalue weighted by molar-refractivity contribution is 0.0142. The summed E-state index contributed by atoms with van der Waals surface area (Å²) in [7, 11) is 0. The van der Waals surface area contributed by atoms with Crippen molar-refractivity contribution >= 4 is 0 Å². The summed E-state index contributed by atoms with van der Waals surface area (Å²) in [6.45, 7) is 5.11. The van der Waals surface area contributed by atoms with Crippen LogP contribution in [0, 0.1) is 6.92 Å². The molecule has 0 aliphatic heterocycles. The molecule has 2 N–H and O–H groups in total. The zero-order valence-corrected chi connectivity index (χ0v) is 5.04. The predicted molar refractivity (Wildman–Crippen MR) is 30.8 cm³/mol.